The lowest BCUT2D eigenvalue weighted by Gasteiger charge is -2.09. The molecular weight excluding hydrogens is 397 g/mol. The number of hydrogen-bond acceptors (Lipinski definition) is 4. The molecule has 8 heteroatoms. The number of rotatable bonds is 7. The first kappa shape index (κ1) is 20.7. The zero-order valence-electron chi connectivity index (χ0n) is 13.7. The van der Waals surface area contributed by atoms with Crippen LogP contribution in [-0.4, -0.2) is 36.5 Å². The van der Waals surface area contributed by atoms with Crippen LogP contribution in [0.15, 0.2) is 9.41 Å². The third kappa shape index (κ3) is 7.62. The molecule has 0 spiro atoms. The van der Waals surface area contributed by atoms with Gasteiger partial charge in [-0.15, -0.1) is 24.0 Å². The molecule has 0 radical (unpaired) electrons. The molecule has 22 heavy (non-hydrogen) atoms. The Morgan fingerprint density at radius 1 is 1.23 bits per heavy atom. The number of halogens is 1. The molecule has 0 aromatic carbocycles. The Kier molecular flexibility index (Phi) is 10.6. The maximum atomic E-state index is 11.5. The number of aromatic nitrogens is 1. The molecule has 0 bridgehead atoms. The van der Waals surface area contributed by atoms with Crippen LogP contribution in [0.2, 0.25) is 0 Å². The number of aliphatic imine (C=N–C) groups is 1. The van der Waals surface area contributed by atoms with Crippen molar-refractivity contribution < 1.29 is 9.21 Å². The second-order valence-corrected chi connectivity index (χ2v) is 4.65. The number of oxazole rings is 1. The molecule has 0 aliphatic carbocycles. The molecule has 126 valence electrons. The number of aryl methyl sites for hydroxylation is 2. The van der Waals surface area contributed by atoms with Crippen LogP contribution in [0.3, 0.4) is 0 Å². The minimum atomic E-state index is -0.0862. The molecule has 3 N–H and O–H groups in total. The highest BCUT2D eigenvalue weighted by Crippen LogP contribution is 2.07. The molecule has 0 aliphatic heterocycles. The number of guanidine groups is 1. The summed E-state index contributed by atoms with van der Waals surface area (Å²) < 4.78 is 5.49. The Balaban J connectivity index is 0.00000441. The van der Waals surface area contributed by atoms with E-state index in [0.29, 0.717) is 31.5 Å². The Bertz CT molecular complexity index is 468. The van der Waals surface area contributed by atoms with Gasteiger partial charge in [0.2, 0.25) is 11.8 Å². The third-order valence-corrected chi connectivity index (χ3v) is 2.78. The van der Waals surface area contributed by atoms with Crippen molar-refractivity contribution in [3.63, 3.8) is 0 Å². The number of nitrogens with one attached hydrogen (secondary N) is 3. The van der Waals surface area contributed by atoms with Gasteiger partial charge in [-0.3, -0.25) is 4.79 Å². The lowest BCUT2D eigenvalue weighted by Crippen LogP contribution is -2.38. The summed E-state index contributed by atoms with van der Waals surface area (Å²) in [5.74, 6) is 1.90. The van der Waals surface area contributed by atoms with Crippen LogP contribution in [-0.2, 0) is 11.3 Å². The molecule has 1 aromatic heterocycles. The van der Waals surface area contributed by atoms with Crippen molar-refractivity contribution in [1.82, 2.24) is 20.9 Å². The second kappa shape index (κ2) is 11.3. The number of carbonyl (C=O) groups is 1. The summed E-state index contributed by atoms with van der Waals surface area (Å²) in [6, 6.07) is 0. The van der Waals surface area contributed by atoms with E-state index >= 15 is 0 Å². The highest BCUT2D eigenvalue weighted by Gasteiger charge is 2.07. The van der Waals surface area contributed by atoms with E-state index in [-0.39, 0.29) is 36.4 Å². The summed E-state index contributed by atoms with van der Waals surface area (Å²) in [5, 5.41) is 8.95. The van der Waals surface area contributed by atoms with E-state index in [9.17, 15) is 4.79 Å². The lowest BCUT2D eigenvalue weighted by atomic mass is 10.4. The SMILES string of the molecule is CCCNC(=O)CN=C(NCC)NCc1nc(C)c(C)o1.I. The molecule has 0 unspecified atom stereocenters. The van der Waals surface area contributed by atoms with Gasteiger partial charge < -0.3 is 20.4 Å². The van der Waals surface area contributed by atoms with E-state index in [0.717, 1.165) is 17.9 Å². The van der Waals surface area contributed by atoms with E-state index in [1.54, 1.807) is 0 Å². The molecule has 0 aliphatic rings. The summed E-state index contributed by atoms with van der Waals surface area (Å²) in [7, 11) is 0. The van der Waals surface area contributed by atoms with E-state index in [1.807, 2.05) is 27.7 Å². The Labute approximate surface area is 148 Å². The van der Waals surface area contributed by atoms with Gasteiger partial charge in [0, 0.05) is 13.1 Å². The van der Waals surface area contributed by atoms with Gasteiger partial charge in [0.15, 0.2) is 5.96 Å². The largest absolute Gasteiger partial charge is 0.444 e. The van der Waals surface area contributed by atoms with Crippen molar-refractivity contribution >= 4 is 35.8 Å². The normalized spacial score (nSPS) is 10.8. The van der Waals surface area contributed by atoms with Crippen molar-refractivity contribution in [2.45, 2.75) is 40.7 Å². The summed E-state index contributed by atoms with van der Waals surface area (Å²) in [6.45, 7) is 9.67. The minimum Gasteiger partial charge on any atom is -0.444 e. The highest BCUT2D eigenvalue weighted by atomic mass is 127. The summed E-state index contributed by atoms with van der Waals surface area (Å²) in [5.41, 5.74) is 0.882. The lowest BCUT2D eigenvalue weighted by molar-refractivity contribution is -0.119. The van der Waals surface area contributed by atoms with Crippen LogP contribution in [0, 0.1) is 13.8 Å². The number of hydrogen-bond donors (Lipinski definition) is 3. The van der Waals surface area contributed by atoms with Gasteiger partial charge in [0.1, 0.15) is 12.3 Å². The van der Waals surface area contributed by atoms with Gasteiger partial charge in [0.05, 0.1) is 12.2 Å². The van der Waals surface area contributed by atoms with E-state index < -0.39 is 0 Å². The van der Waals surface area contributed by atoms with E-state index in [2.05, 4.69) is 25.9 Å². The van der Waals surface area contributed by atoms with Crippen molar-refractivity contribution in [1.29, 1.82) is 0 Å². The van der Waals surface area contributed by atoms with Crippen molar-refractivity contribution in [3.05, 3.63) is 17.3 Å². The van der Waals surface area contributed by atoms with Crippen LogP contribution in [0.4, 0.5) is 0 Å². The molecule has 0 fully saturated rings. The molecule has 1 aromatic rings. The zero-order valence-corrected chi connectivity index (χ0v) is 16.0. The Hall–Kier alpha value is -1.32. The molecule has 1 heterocycles. The van der Waals surface area contributed by atoms with E-state index in [4.69, 9.17) is 4.42 Å². The molecule has 1 amide bonds. The number of amides is 1. The predicted molar refractivity (Wildman–Crippen MR) is 97.5 cm³/mol. The van der Waals surface area contributed by atoms with Gasteiger partial charge in [-0.2, -0.15) is 0 Å². The van der Waals surface area contributed by atoms with Crippen molar-refractivity contribution in [3.8, 4) is 0 Å². The third-order valence-electron chi connectivity index (χ3n) is 2.78. The molecule has 0 saturated heterocycles. The first-order valence-electron chi connectivity index (χ1n) is 7.28. The first-order chi connectivity index (χ1) is 10.1. The van der Waals surface area contributed by atoms with E-state index in [1.165, 1.54) is 0 Å². The fourth-order valence-corrected chi connectivity index (χ4v) is 1.59. The standard InChI is InChI=1S/C14H25N5O2.HI/c1-5-7-16-12(20)8-17-14(15-6-2)18-9-13-19-10(3)11(4)21-13;/h5-9H2,1-4H3,(H,16,20)(H2,15,17,18);1H. The van der Waals surface area contributed by atoms with Crippen molar-refractivity contribution in [2.24, 2.45) is 4.99 Å². The maximum Gasteiger partial charge on any atom is 0.241 e. The number of nitrogens with zero attached hydrogens (tertiary/aromatic N) is 2. The fourth-order valence-electron chi connectivity index (χ4n) is 1.59. The molecular formula is C14H26IN5O2. The monoisotopic (exact) mass is 423 g/mol. The zero-order chi connectivity index (χ0) is 15.7. The average molecular weight is 423 g/mol. The molecule has 0 atom stereocenters. The van der Waals surface area contributed by atoms with Gasteiger partial charge in [-0.05, 0) is 27.2 Å². The van der Waals surface area contributed by atoms with Crippen LogP contribution in [0.1, 0.15) is 37.6 Å². The maximum absolute atomic E-state index is 11.5. The first-order valence-corrected chi connectivity index (χ1v) is 7.28. The van der Waals surface area contributed by atoms with Gasteiger partial charge >= 0.3 is 0 Å². The average Bonchev–Trinajstić information content (AvgIpc) is 2.78. The predicted octanol–water partition coefficient (Wildman–Crippen LogP) is 1.49. The highest BCUT2D eigenvalue weighted by molar-refractivity contribution is 14.0. The van der Waals surface area contributed by atoms with Crippen molar-refractivity contribution in [2.75, 3.05) is 19.6 Å². The topological polar surface area (TPSA) is 91.5 Å². The quantitative estimate of drug-likeness (QED) is 0.351. The van der Waals surface area contributed by atoms with Crippen LogP contribution >= 0.6 is 24.0 Å². The van der Waals surface area contributed by atoms with Crippen LogP contribution < -0.4 is 16.0 Å². The minimum absolute atomic E-state index is 0. The fraction of sp³-hybridized carbons (Fsp3) is 0.643. The molecule has 0 saturated carbocycles. The Morgan fingerprint density at radius 3 is 2.50 bits per heavy atom. The smallest absolute Gasteiger partial charge is 0.241 e. The summed E-state index contributed by atoms with van der Waals surface area (Å²) in [6.07, 6.45) is 0.913. The van der Waals surface area contributed by atoms with Crippen LogP contribution in [0.5, 0.6) is 0 Å². The van der Waals surface area contributed by atoms with Gasteiger partial charge in [-0.25, -0.2) is 9.98 Å². The Morgan fingerprint density at radius 2 is 1.95 bits per heavy atom. The molecule has 7 nitrogen and oxygen atoms in total. The summed E-state index contributed by atoms with van der Waals surface area (Å²) >= 11 is 0. The number of carbonyl (C=O) groups excluding carboxylic acids is 1. The molecule has 1 rings (SSSR count). The summed E-state index contributed by atoms with van der Waals surface area (Å²) in [4.78, 5) is 20.0. The second-order valence-electron chi connectivity index (χ2n) is 4.65. The van der Waals surface area contributed by atoms with Crippen LogP contribution in [0.25, 0.3) is 0 Å². The van der Waals surface area contributed by atoms with Gasteiger partial charge in [0.25, 0.3) is 0 Å². The van der Waals surface area contributed by atoms with Gasteiger partial charge in [-0.1, -0.05) is 6.92 Å².